The number of rotatable bonds is 1. The van der Waals surface area contributed by atoms with E-state index in [-0.39, 0.29) is 24.0 Å². The predicted molar refractivity (Wildman–Crippen MR) is 70.6 cm³/mol. The second-order valence-corrected chi connectivity index (χ2v) is 4.93. The molecule has 1 atom stereocenters. The third-order valence-electron chi connectivity index (χ3n) is 3.55. The highest BCUT2D eigenvalue weighted by atomic mass is 19.4. The smallest absolute Gasteiger partial charge is 0.329 e. The van der Waals surface area contributed by atoms with Gasteiger partial charge in [0.25, 0.3) is 0 Å². The zero-order chi connectivity index (χ0) is 15.8. The summed E-state index contributed by atoms with van der Waals surface area (Å²) in [7, 11) is 0. The Balaban J connectivity index is 2.28. The summed E-state index contributed by atoms with van der Waals surface area (Å²) in [5, 5.41) is 0. The molecule has 21 heavy (non-hydrogen) atoms. The highest BCUT2D eigenvalue weighted by molar-refractivity contribution is 6.00. The largest absolute Gasteiger partial charge is 0.416 e. The van der Waals surface area contributed by atoms with Crippen LogP contribution in [0.1, 0.15) is 19.4 Å². The number of halogens is 3. The number of piperazine rings is 1. The SMILES string of the molecule is CC(=O)N1CCN(c2cccc(C(F)(F)F)c2)C(=O)C1C. The summed E-state index contributed by atoms with van der Waals surface area (Å²) < 4.78 is 38.2. The number of carbonyl (C=O) groups excluding carboxylic acids is 2. The normalized spacial score (nSPS) is 19.9. The topological polar surface area (TPSA) is 40.6 Å². The Morgan fingerprint density at radius 3 is 2.52 bits per heavy atom. The molecule has 1 fully saturated rings. The van der Waals surface area contributed by atoms with E-state index < -0.39 is 17.8 Å². The van der Waals surface area contributed by atoms with Crippen LogP contribution in [0.2, 0.25) is 0 Å². The highest BCUT2D eigenvalue weighted by Gasteiger charge is 2.35. The third-order valence-corrected chi connectivity index (χ3v) is 3.55. The van der Waals surface area contributed by atoms with Gasteiger partial charge in [0.1, 0.15) is 6.04 Å². The van der Waals surface area contributed by atoms with Crippen LogP contribution >= 0.6 is 0 Å². The van der Waals surface area contributed by atoms with Crippen LogP contribution in [0.25, 0.3) is 0 Å². The molecule has 1 unspecified atom stereocenters. The van der Waals surface area contributed by atoms with Crippen molar-refractivity contribution in [3.8, 4) is 0 Å². The summed E-state index contributed by atoms with van der Waals surface area (Å²) >= 11 is 0. The molecule has 114 valence electrons. The average molecular weight is 300 g/mol. The molecular weight excluding hydrogens is 285 g/mol. The lowest BCUT2D eigenvalue weighted by Gasteiger charge is -2.38. The van der Waals surface area contributed by atoms with Gasteiger partial charge in [-0.1, -0.05) is 6.07 Å². The van der Waals surface area contributed by atoms with Gasteiger partial charge < -0.3 is 9.80 Å². The molecule has 1 aromatic rings. The van der Waals surface area contributed by atoms with Crippen LogP contribution < -0.4 is 4.90 Å². The van der Waals surface area contributed by atoms with E-state index in [9.17, 15) is 22.8 Å². The number of benzene rings is 1. The average Bonchev–Trinajstić information content (AvgIpc) is 2.40. The molecule has 1 aromatic carbocycles. The molecule has 0 saturated carbocycles. The van der Waals surface area contributed by atoms with Gasteiger partial charge in [0, 0.05) is 25.7 Å². The van der Waals surface area contributed by atoms with Crippen molar-refractivity contribution in [1.82, 2.24) is 4.90 Å². The van der Waals surface area contributed by atoms with Gasteiger partial charge in [-0.2, -0.15) is 13.2 Å². The first-order valence-corrected chi connectivity index (χ1v) is 6.47. The number of hydrogen-bond donors (Lipinski definition) is 0. The van der Waals surface area contributed by atoms with Gasteiger partial charge in [-0.05, 0) is 25.1 Å². The Kier molecular flexibility index (Phi) is 3.93. The Bertz CT molecular complexity index is 572. The molecule has 7 heteroatoms. The van der Waals surface area contributed by atoms with Crippen molar-refractivity contribution in [2.24, 2.45) is 0 Å². The second-order valence-electron chi connectivity index (χ2n) is 4.93. The number of alkyl halides is 3. The quantitative estimate of drug-likeness (QED) is 0.798. The van der Waals surface area contributed by atoms with Gasteiger partial charge >= 0.3 is 6.18 Å². The van der Waals surface area contributed by atoms with Crippen LogP contribution in [0, 0.1) is 0 Å². The monoisotopic (exact) mass is 300 g/mol. The molecule has 0 spiro atoms. The first-order chi connectivity index (χ1) is 9.71. The van der Waals surface area contributed by atoms with E-state index in [1.165, 1.54) is 28.9 Å². The molecule has 0 radical (unpaired) electrons. The van der Waals surface area contributed by atoms with E-state index >= 15 is 0 Å². The number of nitrogens with zero attached hydrogens (tertiary/aromatic N) is 2. The van der Waals surface area contributed by atoms with Gasteiger partial charge in [-0.15, -0.1) is 0 Å². The Hall–Kier alpha value is -2.05. The molecule has 1 aliphatic rings. The zero-order valence-corrected chi connectivity index (χ0v) is 11.6. The van der Waals surface area contributed by atoms with Gasteiger partial charge in [-0.3, -0.25) is 9.59 Å². The first-order valence-electron chi connectivity index (χ1n) is 6.47. The maximum absolute atomic E-state index is 12.7. The fourth-order valence-electron chi connectivity index (χ4n) is 2.41. The van der Waals surface area contributed by atoms with Crippen LogP contribution in [0.3, 0.4) is 0 Å². The first kappa shape index (κ1) is 15.3. The fraction of sp³-hybridized carbons (Fsp3) is 0.429. The van der Waals surface area contributed by atoms with Gasteiger partial charge in [-0.25, -0.2) is 0 Å². The molecule has 0 aliphatic carbocycles. The Labute approximate surface area is 120 Å². The van der Waals surface area contributed by atoms with Crippen molar-refractivity contribution in [3.05, 3.63) is 29.8 Å². The summed E-state index contributed by atoms with van der Waals surface area (Å²) in [5.74, 6) is -0.602. The number of anilines is 1. The van der Waals surface area contributed by atoms with Gasteiger partial charge in [0.15, 0.2) is 0 Å². The molecule has 0 bridgehead atoms. The summed E-state index contributed by atoms with van der Waals surface area (Å²) in [6, 6.07) is 3.97. The molecule has 0 N–H and O–H groups in total. The van der Waals surface area contributed by atoms with Gasteiger partial charge in [0.05, 0.1) is 5.56 Å². The van der Waals surface area contributed by atoms with Crippen LogP contribution in [0.4, 0.5) is 18.9 Å². The molecule has 1 saturated heterocycles. The van der Waals surface area contributed by atoms with Crippen LogP contribution in [-0.2, 0) is 15.8 Å². The lowest BCUT2D eigenvalue weighted by atomic mass is 10.1. The van der Waals surface area contributed by atoms with E-state index in [1.807, 2.05) is 0 Å². The van der Waals surface area contributed by atoms with Crippen LogP contribution in [-0.4, -0.2) is 35.8 Å². The molecule has 1 aliphatic heterocycles. The Morgan fingerprint density at radius 2 is 1.95 bits per heavy atom. The van der Waals surface area contributed by atoms with Crippen molar-refractivity contribution < 1.29 is 22.8 Å². The second kappa shape index (κ2) is 5.38. The standard InChI is InChI=1S/C14H15F3N2O2/c1-9-13(21)19(7-6-18(9)10(2)20)12-5-3-4-11(8-12)14(15,16)17/h3-5,8-9H,6-7H2,1-2H3. The van der Waals surface area contributed by atoms with Gasteiger partial charge in [0.2, 0.25) is 11.8 Å². The molecule has 0 aromatic heterocycles. The molecule has 1 heterocycles. The minimum atomic E-state index is -4.45. The maximum atomic E-state index is 12.7. The maximum Gasteiger partial charge on any atom is 0.416 e. The minimum absolute atomic E-state index is 0.185. The van der Waals surface area contributed by atoms with E-state index in [2.05, 4.69) is 0 Å². The van der Waals surface area contributed by atoms with E-state index in [0.29, 0.717) is 6.54 Å². The van der Waals surface area contributed by atoms with Crippen molar-refractivity contribution in [1.29, 1.82) is 0 Å². The molecule has 2 amide bonds. The van der Waals surface area contributed by atoms with E-state index in [1.54, 1.807) is 6.92 Å². The highest BCUT2D eigenvalue weighted by Crippen LogP contribution is 2.32. The Morgan fingerprint density at radius 1 is 1.29 bits per heavy atom. The molecular formula is C14H15F3N2O2. The number of carbonyl (C=O) groups is 2. The minimum Gasteiger partial charge on any atom is -0.329 e. The summed E-state index contributed by atoms with van der Waals surface area (Å²) in [5.41, 5.74) is -0.598. The lowest BCUT2D eigenvalue weighted by Crippen LogP contribution is -2.57. The van der Waals surface area contributed by atoms with Crippen LogP contribution in [0.5, 0.6) is 0 Å². The van der Waals surface area contributed by atoms with Crippen molar-refractivity contribution in [3.63, 3.8) is 0 Å². The number of hydrogen-bond acceptors (Lipinski definition) is 2. The molecule has 4 nitrogen and oxygen atoms in total. The van der Waals surface area contributed by atoms with E-state index in [4.69, 9.17) is 0 Å². The zero-order valence-electron chi connectivity index (χ0n) is 11.6. The number of amides is 2. The van der Waals surface area contributed by atoms with E-state index in [0.717, 1.165) is 12.1 Å². The van der Waals surface area contributed by atoms with Crippen molar-refractivity contribution in [2.45, 2.75) is 26.1 Å². The summed E-state index contributed by atoms with van der Waals surface area (Å²) in [4.78, 5) is 26.3. The fourth-order valence-corrected chi connectivity index (χ4v) is 2.41. The summed E-state index contributed by atoms with van der Waals surface area (Å²) in [6.45, 7) is 3.43. The molecule has 2 rings (SSSR count). The third kappa shape index (κ3) is 3.01. The lowest BCUT2D eigenvalue weighted by molar-refractivity contribution is -0.139. The van der Waals surface area contributed by atoms with Crippen molar-refractivity contribution in [2.75, 3.05) is 18.0 Å². The predicted octanol–water partition coefficient (Wildman–Crippen LogP) is 2.29. The summed E-state index contributed by atoms with van der Waals surface area (Å²) in [6.07, 6.45) is -4.45. The van der Waals surface area contributed by atoms with Crippen LogP contribution in [0.15, 0.2) is 24.3 Å². The van der Waals surface area contributed by atoms with Crippen molar-refractivity contribution >= 4 is 17.5 Å².